The molecule has 1 fully saturated rings. The van der Waals surface area contributed by atoms with E-state index in [1.54, 1.807) is 36.0 Å². The summed E-state index contributed by atoms with van der Waals surface area (Å²) in [5, 5.41) is 4.24. The molecular weight excluding hydrogens is 376 g/mol. The van der Waals surface area contributed by atoms with Gasteiger partial charge in [0.15, 0.2) is 11.5 Å². The van der Waals surface area contributed by atoms with Crippen molar-refractivity contribution in [2.24, 2.45) is 0 Å². The van der Waals surface area contributed by atoms with Crippen LogP contribution < -0.4 is 15.0 Å². The van der Waals surface area contributed by atoms with Crippen LogP contribution in [0.4, 0.5) is 14.5 Å². The summed E-state index contributed by atoms with van der Waals surface area (Å²) in [6.07, 6.45) is 4.86. The van der Waals surface area contributed by atoms with E-state index in [2.05, 4.69) is 20.2 Å². The molecule has 0 radical (unpaired) electrons. The second kappa shape index (κ2) is 6.97. The number of rotatable bonds is 3. The molecule has 5 rings (SSSR count). The minimum atomic E-state index is -0.516. The second-order valence-electron chi connectivity index (χ2n) is 7.12. The van der Waals surface area contributed by atoms with Crippen LogP contribution in [0.15, 0.2) is 42.9 Å². The quantitative estimate of drug-likeness (QED) is 0.574. The zero-order chi connectivity index (χ0) is 20.0. The van der Waals surface area contributed by atoms with Crippen LogP contribution >= 0.6 is 0 Å². The van der Waals surface area contributed by atoms with E-state index in [-0.39, 0.29) is 22.7 Å². The molecule has 148 valence electrons. The summed E-state index contributed by atoms with van der Waals surface area (Å²) in [7, 11) is 0. The van der Waals surface area contributed by atoms with Gasteiger partial charge in [0.1, 0.15) is 11.6 Å². The third-order valence-corrected chi connectivity index (χ3v) is 5.06. The summed E-state index contributed by atoms with van der Waals surface area (Å²) in [4.78, 5) is 10.5. The van der Waals surface area contributed by atoms with Gasteiger partial charge in [-0.3, -0.25) is 0 Å². The highest BCUT2D eigenvalue weighted by Crippen LogP contribution is 2.33. The monoisotopic (exact) mass is 395 g/mol. The molecule has 0 aliphatic carbocycles. The molecule has 4 aromatic rings. The molecule has 1 saturated heterocycles. The van der Waals surface area contributed by atoms with Crippen molar-refractivity contribution in [2.45, 2.75) is 6.92 Å². The predicted molar refractivity (Wildman–Crippen MR) is 107 cm³/mol. The number of hydrogen-bond acceptors (Lipinski definition) is 5. The van der Waals surface area contributed by atoms with Crippen molar-refractivity contribution in [1.82, 2.24) is 19.7 Å². The van der Waals surface area contributed by atoms with Crippen LogP contribution in [-0.4, -0.2) is 40.5 Å². The molecule has 0 bridgehead atoms. The number of aromatic nitrogens is 3. The number of nitrogens with one attached hydrogen (secondary N) is 1. The summed E-state index contributed by atoms with van der Waals surface area (Å²) in [5.74, 6) is -0.614. The van der Waals surface area contributed by atoms with E-state index >= 15 is 4.39 Å². The molecule has 8 heteroatoms. The number of ether oxygens (including phenoxy) is 1. The lowest BCUT2D eigenvalue weighted by atomic mass is 10.1. The average Bonchev–Trinajstić information content (AvgIpc) is 3.09. The van der Waals surface area contributed by atoms with Crippen LogP contribution in [0.25, 0.3) is 16.4 Å². The normalized spacial score (nSPS) is 14.7. The van der Waals surface area contributed by atoms with Crippen LogP contribution in [0.2, 0.25) is 0 Å². The Morgan fingerprint density at radius 2 is 1.90 bits per heavy atom. The number of halogens is 2. The topological polar surface area (TPSA) is 54.7 Å². The van der Waals surface area contributed by atoms with Gasteiger partial charge in [0.25, 0.3) is 0 Å². The highest BCUT2D eigenvalue weighted by atomic mass is 19.1. The van der Waals surface area contributed by atoms with E-state index in [9.17, 15) is 4.39 Å². The summed E-state index contributed by atoms with van der Waals surface area (Å²) in [6, 6.07) is 6.42. The van der Waals surface area contributed by atoms with Crippen molar-refractivity contribution in [1.29, 1.82) is 0 Å². The fourth-order valence-electron chi connectivity index (χ4n) is 3.73. The SMILES string of the molecule is Cc1cn2cc(Oc3nccc4cc(N5CCNCC5)cc(F)c34)cc(F)c2n1. The van der Waals surface area contributed by atoms with Gasteiger partial charge < -0.3 is 19.4 Å². The van der Waals surface area contributed by atoms with E-state index in [4.69, 9.17) is 4.74 Å². The molecular formula is C21H19F2N5O. The minimum Gasteiger partial charge on any atom is -0.437 e. The van der Waals surface area contributed by atoms with Gasteiger partial charge in [0.2, 0.25) is 5.88 Å². The smallest absolute Gasteiger partial charge is 0.230 e. The molecule has 1 aromatic carbocycles. The van der Waals surface area contributed by atoms with E-state index in [1.165, 1.54) is 12.1 Å². The Balaban J connectivity index is 1.55. The van der Waals surface area contributed by atoms with Gasteiger partial charge >= 0.3 is 0 Å². The first-order valence-corrected chi connectivity index (χ1v) is 9.45. The molecule has 0 unspecified atom stereocenters. The lowest BCUT2D eigenvalue weighted by Gasteiger charge is -2.29. The fraction of sp³-hybridized carbons (Fsp3) is 0.238. The highest BCUT2D eigenvalue weighted by molar-refractivity contribution is 5.90. The van der Waals surface area contributed by atoms with Gasteiger partial charge in [-0.25, -0.2) is 18.7 Å². The van der Waals surface area contributed by atoms with Crippen molar-refractivity contribution in [3.05, 3.63) is 60.2 Å². The van der Waals surface area contributed by atoms with Gasteiger partial charge in [-0.05, 0) is 30.5 Å². The van der Waals surface area contributed by atoms with Gasteiger partial charge in [-0.2, -0.15) is 0 Å². The number of aryl methyl sites for hydroxylation is 1. The zero-order valence-electron chi connectivity index (χ0n) is 15.8. The Bertz CT molecular complexity index is 1220. The Morgan fingerprint density at radius 3 is 2.72 bits per heavy atom. The van der Waals surface area contributed by atoms with E-state index in [1.807, 2.05) is 6.07 Å². The van der Waals surface area contributed by atoms with Crippen LogP contribution in [0.5, 0.6) is 11.6 Å². The Kier molecular flexibility index (Phi) is 4.28. The Hall–Kier alpha value is -3.26. The lowest BCUT2D eigenvalue weighted by Crippen LogP contribution is -2.43. The van der Waals surface area contributed by atoms with Crippen molar-refractivity contribution in [3.63, 3.8) is 0 Å². The first-order valence-electron chi connectivity index (χ1n) is 9.45. The first kappa shape index (κ1) is 17.8. The van der Waals surface area contributed by atoms with E-state index in [0.29, 0.717) is 11.1 Å². The molecule has 0 spiro atoms. The van der Waals surface area contributed by atoms with Crippen LogP contribution in [-0.2, 0) is 0 Å². The lowest BCUT2D eigenvalue weighted by molar-refractivity contribution is 0.458. The second-order valence-corrected chi connectivity index (χ2v) is 7.12. The zero-order valence-corrected chi connectivity index (χ0v) is 15.8. The van der Waals surface area contributed by atoms with Crippen molar-refractivity contribution in [2.75, 3.05) is 31.1 Å². The first-order chi connectivity index (χ1) is 14.1. The molecule has 1 N–H and O–H groups in total. The van der Waals surface area contributed by atoms with Crippen molar-refractivity contribution < 1.29 is 13.5 Å². The van der Waals surface area contributed by atoms with E-state index in [0.717, 1.165) is 31.9 Å². The van der Waals surface area contributed by atoms with E-state index < -0.39 is 11.6 Å². The Labute approximate surface area is 165 Å². The average molecular weight is 395 g/mol. The number of anilines is 1. The van der Waals surface area contributed by atoms with Gasteiger partial charge in [0, 0.05) is 50.3 Å². The number of nitrogens with zero attached hydrogens (tertiary/aromatic N) is 4. The molecule has 1 aliphatic heterocycles. The van der Waals surface area contributed by atoms with Gasteiger partial charge in [-0.1, -0.05) is 0 Å². The number of fused-ring (bicyclic) bond motifs is 2. The Morgan fingerprint density at radius 1 is 1.07 bits per heavy atom. The molecule has 6 nitrogen and oxygen atoms in total. The molecule has 4 heterocycles. The fourth-order valence-corrected chi connectivity index (χ4v) is 3.73. The van der Waals surface area contributed by atoms with Gasteiger partial charge in [0.05, 0.1) is 17.3 Å². The number of pyridine rings is 2. The van der Waals surface area contributed by atoms with Gasteiger partial charge in [-0.15, -0.1) is 0 Å². The van der Waals surface area contributed by atoms with Crippen molar-refractivity contribution >= 4 is 22.1 Å². The molecule has 3 aromatic heterocycles. The van der Waals surface area contributed by atoms with Crippen molar-refractivity contribution in [3.8, 4) is 11.6 Å². The molecule has 1 aliphatic rings. The summed E-state index contributed by atoms with van der Waals surface area (Å²) < 4.78 is 36.7. The molecule has 0 atom stereocenters. The number of benzene rings is 1. The molecule has 0 saturated carbocycles. The van der Waals surface area contributed by atoms with Crippen LogP contribution in [0.3, 0.4) is 0 Å². The van der Waals surface area contributed by atoms with Crippen LogP contribution in [0.1, 0.15) is 5.69 Å². The predicted octanol–water partition coefficient (Wildman–Crippen LogP) is 3.67. The highest BCUT2D eigenvalue weighted by Gasteiger charge is 2.17. The summed E-state index contributed by atoms with van der Waals surface area (Å²) >= 11 is 0. The van der Waals surface area contributed by atoms with Crippen LogP contribution in [0, 0.1) is 18.6 Å². The number of piperazine rings is 1. The maximum atomic E-state index is 15.0. The minimum absolute atomic E-state index is 0.0995. The maximum absolute atomic E-state index is 15.0. The number of imidazole rings is 1. The third-order valence-electron chi connectivity index (χ3n) is 5.06. The summed E-state index contributed by atoms with van der Waals surface area (Å²) in [5.41, 5.74) is 1.73. The number of hydrogen-bond donors (Lipinski definition) is 1. The largest absolute Gasteiger partial charge is 0.437 e. The standard InChI is InChI=1S/C21H19F2N5O/c1-13-11-28-12-16(10-18(23)20(28)26-13)29-21-19-14(2-3-25-21)8-15(9-17(19)22)27-6-4-24-5-7-27/h2-3,8-12,24H,4-7H2,1H3. The summed E-state index contributed by atoms with van der Waals surface area (Å²) in [6.45, 7) is 5.16. The third kappa shape index (κ3) is 3.25. The molecule has 0 amide bonds. The molecule has 29 heavy (non-hydrogen) atoms. The maximum Gasteiger partial charge on any atom is 0.230 e.